The molecule has 3 heterocycles. The van der Waals surface area contributed by atoms with E-state index in [2.05, 4.69) is 5.10 Å². The summed E-state index contributed by atoms with van der Waals surface area (Å²) in [4.78, 5) is 12.0. The SMILES string of the molecule is COC(=O)c1cc2c(s1)OCCn1ncc(Cl)c1-2. The van der Waals surface area contributed by atoms with Crippen LogP contribution in [0.2, 0.25) is 5.02 Å². The number of methoxy groups -OCH3 is 1. The molecule has 0 unspecified atom stereocenters. The minimum absolute atomic E-state index is 0.376. The molecule has 0 fully saturated rings. The number of hydrogen-bond acceptors (Lipinski definition) is 5. The zero-order valence-corrected chi connectivity index (χ0v) is 11.0. The fraction of sp³-hybridized carbons (Fsp3) is 0.273. The highest BCUT2D eigenvalue weighted by Crippen LogP contribution is 2.42. The molecule has 1 aliphatic rings. The summed E-state index contributed by atoms with van der Waals surface area (Å²) >= 11 is 7.39. The Kier molecular flexibility index (Phi) is 2.76. The predicted octanol–water partition coefficient (Wildman–Crippen LogP) is 2.44. The molecule has 5 nitrogen and oxygen atoms in total. The highest BCUT2D eigenvalue weighted by atomic mass is 35.5. The van der Waals surface area contributed by atoms with Crippen molar-refractivity contribution in [2.45, 2.75) is 6.54 Å². The molecule has 18 heavy (non-hydrogen) atoms. The van der Waals surface area contributed by atoms with Crippen LogP contribution in [-0.4, -0.2) is 29.5 Å². The van der Waals surface area contributed by atoms with Gasteiger partial charge in [-0.05, 0) is 6.07 Å². The molecule has 0 saturated carbocycles. The van der Waals surface area contributed by atoms with Gasteiger partial charge in [0, 0.05) is 0 Å². The molecule has 2 aromatic rings. The van der Waals surface area contributed by atoms with Crippen molar-refractivity contribution >= 4 is 28.9 Å². The Labute approximate surface area is 112 Å². The van der Waals surface area contributed by atoms with Crippen LogP contribution >= 0.6 is 22.9 Å². The summed E-state index contributed by atoms with van der Waals surface area (Å²) in [5, 5.41) is 5.41. The summed E-state index contributed by atoms with van der Waals surface area (Å²) in [6, 6.07) is 1.73. The van der Waals surface area contributed by atoms with E-state index in [1.54, 1.807) is 16.9 Å². The van der Waals surface area contributed by atoms with Crippen LogP contribution in [0.4, 0.5) is 0 Å². The van der Waals surface area contributed by atoms with Crippen molar-refractivity contribution in [1.29, 1.82) is 0 Å². The molecule has 0 bridgehead atoms. The number of aromatic nitrogens is 2. The van der Waals surface area contributed by atoms with Gasteiger partial charge in [-0.15, -0.1) is 0 Å². The van der Waals surface area contributed by atoms with E-state index in [0.29, 0.717) is 28.1 Å². The Balaban J connectivity index is 2.17. The van der Waals surface area contributed by atoms with Crippen molar-refractivity contribution in [3.8, 4) is 16.3 Å². The van der Waals surface area contributed by atoms with Crippen LogP contribution in [-0.2, 0) is 11.3 Å². The van der Waals surface area contributed by atoms with Gasteiger partial charge in [-0.1, -0.05) is 22.9 Å². The molecule has 0 N–H and O–H groups in total. The lowest BCUT2D eigenvalue weighted by atomic mass is 10.2. The molecule has 0 spiro atoms. The topological polar surface area (TPSA) is 53.4 Å². The lowest BCUT2D eigenvalue weighted by molar-refractivity contribution is 0.0606. The van der Waals surface area contributed by atoms with Crippen LogP contribution in [0, 0.1) is 0 Å². The third kappa shape index (κ3) is 1.69. The second-order valence-electron chi connectivity index (χ2n) is 3.72. The van der Waals surface area contributed by atoms with Crippen molar-refractivity contribution in [2.24, 2.45) is 0 Å². The second kappa shape index (κ2) is 4.29. The van der Waals surface area contributed by atoms with Crippen molar-refractivity contribution in [3.63, 3.8) is 0 Å². The zero-order valence-electron chi connectivity index (χ0n) is 9.47. The van der Waals surface area contributed by atoms with Gasteiger partial charge in [-0.25, -0.2) is 4.79 Å². The average molecular weight is 285 g/mol. The van der Waals surface area contributed by atoms with Gasteiger partial charge in [-0.3, -0.25) is 4.68 Å². The highest BCUT2D eigenvalue weighted by Gasteiger charge is 2.24. The minimum atomic E-state index is -0.376. The maximum Gasteiger partial charge on any atom is 0.348 e. The lowest BCUT2D eigenvalue weighted by Gasteiger charge is -2.00. The molecule has 0 amide bonds. The largest absolute Gasteiger partial charge is 0.481 e. The van der Waals surface area contributed by atoms with Crippen molar-refractivity contribution in [1.82, 2.24) is 9.78 Å². The Bertz CT molecular complexity index is 620. The molecule has 94 valence electrons. The summed E-state index contributed by atoms with van der Waals surface area (Å²) in [6.07, 6.45) is 1.60. The first kappa shape index (κ1) is 11.6. The van der Waals surface area contributed by atoms with Crippen LogP contribution < -0.4 is 4.74 Å². The fourth-order valence-corrected chi connectivity index (χ4v) is 3.07. The number of halogens is 1. The number of rotatable bonds is 1. The standard InChI is InChI=1S/C11H9ClN2O3S/c1-16-10(15)8-4-6-9-7(12)5-13-14(9)2-3-17-11(6)18-8/h4-5H,2-3H2,1H3. The lowest BCUT2D eigenvalue weighted by Crippen LogP contribution is -2.06. The molecule has 0 saturated heterocycles. The second-order valence-corrected chi connectivity index (χ2v) is 5.14. The molecular formula is C11H9ClN2O3S. The van der Waals surface area contributed by atoms with Gasteiger partial charge in [0.15, 0.2) is 5.06 Å². The van der Waals surface area contributed by atoms with E-state index in [-0.39, 0.29) is 5.97 Å². The van der Waals surface area contributed by atoms with Gasteiger partial charge in [0.05, 0.1) is 36.1 Å². The van der Waals surface area contributed by atoms with E-state index in [1.165, 1.54) is 18.4 Å². The van der Waals surface area contributed by atoms with Crippen LogP contribution in [0.3, 0.4) is 0 Å². The molecule has 7 heteroatoms. The molecule has 0 aliphatic carbocycles. The number of hydrogen-bond donors (Lipinski definition) is 0. The summed E-state index contributed by atoms with van der Waals surface area (Å²) in [7, 11) is 1.35. The van der Waals surface area contributed by atoms with Crippen LogP contribution in [0.25, 0.3) is 11.3 Å². The number of fused-ring (bicyclic) bond motifs is 3. The van der Waals surface area contributed by atoms with Gasteiger partial charge in [0.1, 0.15) is 11.5 Å². The fourth-order valence-electron chi connectivity index (χ4n) is 1.87. The van der Waals surface area contributed by atoms with Gasteiger partial charge in [-0.2, -0.15) is 5.10 Å². The van der Waals surface area contributed by atoms with Gasteiger partial charge in [0.25, 0.3) is 0 Å². The summed E-state index contributed by atoms with van der Waals surface area (Å²) in [5.74, 6) is -0.376. The van der Waals surface area contributed by atoms with Gasteiger partial charge in [0.2, 0.25) is 0 Å². The third-order valence-corrected chi connectivity index (χ3v) is 3.97. The summed E-state index contributed by atoms with van der Waals surface area (Å²) in [5.41, 5.74) is 1.58. The van der Waals surface area contributed by atoms with E-state index in [1.807, 2.05) is 0 Å². The van der Waals surface area contributed by atoms with Gasteiger partial charge < -0.3 is 9.47 Å². The first-order chi connectivity index (χ1) is 8.70. The maximum absolute atomic E-state index is 11.5. The van der Waals surface area contributed by atoms with E-state index in [4.69, 9.17) is 21.1 Å². The first-order valence-electron chi connectivity index (χ1n) is 5.27. The Hall–Kier alpha value is -1.53. The monoisotopic (exact) mass is 284 g/mol. The minimum Gasteiger partial charge on any atom is -0.481 e. The van der Waals surface area contributed by atoms with Crippen molar-refractivity contribution in [2.75, 3.05) is 13.7 Å². The predicted molar refractivity (Wildman–Crippen MR) is 67.4 cm³/mol. The Morgan fingerprint density at radius 3 is 3.28 bits per heavy atom. The number of carbonyl (C=O) groups is 1. The zero-order chi connectivity index (χ0) is 12.7. The van der Waals surface area contributed by atoms with Crippen molar-refractivity contribution < 1.29 is 14.3 Å². The number of ether oxygens (including phenoxy) is 2. The smallest absolute Gasteiger partial charge is 0.348 e. The maximum atomic E-state index is 11.5. The molecule has 1 aliphatic heterocycles. The molecule has 0 atom stereocenters. The number of thiophene rings is 1. The highest BCUT2D eigenvalue weighted by molar-refractivity contribution is 7.16. The van der Waals surface area contributed by atoms with E-state index in [0.717, 1.165) is 11.3 Å². The van der Waals surface area contributed by atoms with Crippen LogP contribution in [0.1, 0.15) is 9.67 Å². The quantitative estimate of drug-likeness (QED) is 0.755. The van der Waals surface area contributed by atoms with Crippen LogP contribution in [0.5, 0.6) is 5.06 Å². The number of esters is 1. The molecule has 0 radical (unpaired) electrons. The normalized spacial score (nSPS) is 13.2. The first-order valence-corrected chi connectivity index (χ1v) is 6.47. The number of carbonyl (C=O) groups excluding carboxylic acids is 1. The third-order valence-electron chi connectivity index (χ3n) is 2.67. The molecule has 3 rings (SSSR count). The van der Waals surface area contributed by atoms with Crippen molar-refractivity contribution in [3.05, 3.63) is 22.2 Å². The Morgan fingerprint density at radius 1 is 1.67 bits per heavy atom. The molecule has 2 aromatic heterocycles. The van der Waals surface area contributed by atoms with E-state index >= 15 is 0 Å². The van der Waals surface area contributed by atoms with E-state index in [9.17, 15) is 4.79 Å². The molecule has 0 aromatic carbocycles. The number of nitrogens with zero attached hydrogens (tertiary/aromatic N) is 2. The van der Waals surface area contributed by atoms with Crippen LogP contribution in [0.15, 0.2) is 12.3 Å². The molecular weight excluding hydrogens is 276 g/mol. The summed E-state index contributed by atoms with van der Waals surface area (Å²) in [6.45, 7) is 1.14. The summed E-state index contributed by atoms with van der Waals surface area (Å²) < 4.78 is 12.1. The Morgan fingerprint density at radius 2 is 2.50 bits per heavy atom. The average Bonchev–Trinajstić information content (AvgIpc) is 2.89. The van der Waals surface area contributed by atoms with Gasteiger partial charge >= 0.3 is 5.97 Å². The van der Waals surface area contributed by atoms with E-state index < -0.39 is 0 Å².